The summed E-state index contributed by atoms with van der Waals surface area (Å²) >= 11 is 0. The third-order valence-corrected chi connectivity index (χ3v) is 3.70. The number of hydrogen-bond donors (Lipinski definition) is 0. The number of carbonyl (C=O) groups is 1. The average Bonchev–Trinajstić information content (AvgIpc) is 2.91. The number of fused-ring (bicyclic) bond motifs is 1. The highest BCUT2D eigenvalue weighted by atomic mass is 16.5. The zero-order valence-corrected chi connectivity index (χ0v) is 13.9. The largest absolute Gasteiger partial charge is 0.465 e. The van der Waals surface area contributed by atoms with Crippen molar-refractivity contribution in [1.29, 1.82) is 0 Å². The average molecular weight is 325 g/mol. The van der Waals surface area contributed by atoms with Crippen LogP contribution in [-0.4, -0.2) is 27.4 Å². The molecule has 0 saturated carbocycles. The standard InChI is InChI=1S/C18H19N3O3/c1-12(2)9-20-10-14-16(15(11-20)18(23)24-3)19-21(17(14)22)13-7-5-4-6-8-13/h4-8,10-12H,9H2,1-3H3. The van der Waals surface area contributed by atoms with E-state index in [2.05, 4.69) is 18.9 Å². The highest BCUT2D eigenvalue weighted by molar-refractivity contribution is 5.96. The smallest absolute Gasteiger partial charge is 0.341 e. The van der Waals surface area contributed by atoms with Crippen LogP contribution in [0.15, 0.2) is 47.5 Å². The molecule has 1 aromatic rings. The maximum atomic E-state index is 12.8. The van der Waals surface area contributed by atoms with Gasteiger partial charge in [-0.1, -0.05) is 32.0 Å². The number of para-hydroxylation sites is 1. The molecule has 2 aliphatic heterocycles. The van der Waals surface area contributed by atoms with E-state index < -0.39 is 5.97 Å². The highest BCUT2D eigenvalue weighted by Gasteiger charge is 2.24. The van der Waals surface area contributed by atoms with Crippen molar-refractivity contribution in [2.45, 2.75) is 20.4 Å². The van der Waals surface area contributed by atoms with Crippen molar-refractivity contribution < 1.29 is 9.53 Å². The van der Waals surface area contributed by atoms with Crippen molar-refractivity contribution >= 4 is 5.97 Å². The SMILES string of the molecule is COC(=O)c1cn(CC(C)C)cc2c(=O)n(-c3ccccc3)nc1-2. The highest BCUT2D eigenvalue weighted by Crippen LogP contribution is 2.23. The molecule has 24 heavy (non-hydrogen) atoms. The van der Waals surface area contributed by atoms with E-state index in [-0.39, 0.29) is 5.56 Å². The van der Waals surface area contributed by atoms with Crippen LogP contribution in [0.2, 0.25) is 0 Å². The van der Waals surface area contributed by atoms with Gasteiger partial charge in [0.05, 0.1) is 18.4 Å². The maximum Gasteiger partial charge on any atom is 0.341 e. The van der Waals surface area contributed by atoms with E-state index in [4.69, 9.17) is 4.74 Å². The molecule has 124 valence electrons. The molecular weight excluding hydrogens is 306 g/mol. The van der Waals surface area contributed by atoms with Gasteiger partial charge in [0.15, 0.2) is 0 Å². The normalized spacial score (nSPS) is 11.2. The van der Waals surface area contributed by atoms with Crippen LogP contribution in [0.4, 0.5) is 0 Å². The first kappa shape index (κ1) is 16.0. The molecule has 0 bridgehead atoms. The molecule has 0 atom stereocenters. The Bertz CT molecular complexity index is 894. The molecule has 2 aliphatic rings. The third-order valence-electron chi connectivity index (χ3n) is 3.70. The van der Waals surface area contributed by atoms with Crippen LogP contribution >= 0.6 is 0 Å². The molecule has 0 aromatic heterocycles. The summed E-state index contributed by atoms with van der Waals surface area (Å²) in [7, 11) is 1.32. The van der Waals surface area contributed by atoms with Gasteiger partial charge in [-0.05, 0) is 18.1 Å². The zero-order chi connectivity index (χ0) is 17.3. The minimum atomic E-state index is -0.504. The van der Waals surface area contributed by atoms with E-state index in [0.717, 1.165) is 0 Å². The van der Waals surface area contributed by atoms with Crippen LogP contribution in [0.5, 0.6) is 0 Å². The molecule has 0 unspecified atom stereocenters. The van der Waals surface area contributed by atoms with Gasteiger partial charge in [-0.2, -0.15) is 9.78 Å². The molecule has 2 heterocycles. The number of hydrogen-bond acceptors (Lipinski definition) is 4. The van der Waals surface area contributed by atoms with E-state index in [9.17, 15) is 9.59 Å². The van der Waals surface area contributed by atoms with Crippen LogP contribution in [0, 0.1) is 5.92 Å². The van der Waals surface area contributed by atoms with Gasteiger partial charge in [0, 0.05) is 18.9 Å². The molecule has 1 aromatic carbocycles. The lowest BCUT2D eigenvalue weighted by molar-refractivity contribution is 0.0600. The van der Waals surface area contributed by atoms with Crippen molar-refractivity contribution in [2.24, 2.45) is 5.92 Å². The molecular formula is C18H19N3O3. The van der Waals surface area contributed by atoms with Gasteiger partial charge in [-0.15, -0.1) is 0 Å². The van der Waals surface area contributed by atoms with E-state index >= 15 is 0 Å². The molecule has 0 N–H and O–H groups in total. The minimum Gasteiger partial charge on any atom is -0.465 e. The fraction of sp³-hybridized carbons (Fsp3) is 0.278. The second-order valence-electron chi connectivity index (χ2n) is 6.07. The summed E-state index contributed by atoms with van der Waals surface area (Å²) in [6.07, 6.45) is 3.44. The van der Waals surface area contributed by atoms with Gasteiger partial charge >= 0.3 is 5.97 Å². The lowest BCUT2D eigenvalue weighted by Gasteiger charge is -2.13. The third kappa shape index (κ3) is 2.82. The number of nitrogens with zero attached hydrogens (tertiary/aromatic N) is 3. The molecule has 6 nitrogen and oxygen atoms in total. The van der Waals surface area contributed by atoms with Crippen molar-refractivity contribution in [3.05, 3.63) is 58.6 Å². The van der Waals surface area contributed by atoms with Crippen LogP contribution < -0.4 is 5.56 Å². The number of carbonyl (C=O) groups excluding carboxylic acids is 1. The predicted octanol–water partition coefficient (Wildman–Crippen LogP) is 2.58. The topological polar surface area (TPSA) is 66.1 Å². The van der Waals surface area contributed by atoms with Crippen molar-refractivity contribution in [2.75, 3.05) is 7.11 Å². The second kappa shape index (κ2) is 6.31. The number of methoxy groups -OCH3 is 1. The van der Waals surface area contributed by atoms with Crippen molar-refractivity contribution in [1.82, 2.24) is 14.3 Å². The molecule has 0 radical (unpaired) electrons. The Kier molecular flexibility index (Phi) is 4.20. The zero-order valence-electron chi connectivity index (χ0n) is 13.9. The first-order valence-electron chi connectivity index (χ1n) is 7.78. The van der Waals surface area contributed by atoms with Gasteiger partial charge in [-0.25, -0.2) is 4.79 Å². The molecule has 0 fully saturated rings. The Morgan fingerprint density at radius 1 is 1.21 bits per heavy atom. The van der Waals surface area contributed by atoms with Crippen LogP contribution in [-0.2, 0) is 11.3 Å². The molecule has 3 rings (SSSR count). The molecule has 0 aliphatic carbocycles. The van der Waals surface area contributed by atoms with Crippen molar-refractivity contribution in [3.8, 4) is 16.9 Å². The number of ether oxygens (including phenoxy) is 1. The van der Waals surface area contributed by atoms with Gasteiger partial charge in [0.1, 0.15) is 11.3 Å². The Morgan fingerprint density at radius 2 is 1.92 bits per heavy atom. The van der Waals surface area contributed by atoms with E-state index in [1.54, 1.807) is 24.5 Å². The Labute approximate surface area is 139 Å². The van der Waals surface area contributed by atoms with Crippen LogP contribution in [0.3, 0.4) is 0 Å². The number of pyridine rings is 1. The molecule has 0 saturated heterocycles. The number of aromatic nitrogens is 3. The van der Waals surface area contributed by atoms with Gasteiger partial charge in [0.25, 0.3) is 5.56 Å². The Hall–Kier alpha value is -2.89. The lowest BCUT2D eigenvalue weighted by atomic mass is 10.1. The van der Waals surface area contributed by atoms with E-state index in [0.29, 0.717) is 35.0 Å². The fourth-order valence-corrected chi connectivity index (χ4v) is 2.69. The van der Waals surface area contributed by atoms with Crippen molar-refractivity contribution in [3.63, 3.8) is 0 Å². The summed E-state index contributed by atoms with van der Waals surface area (Å²) in [5, 5.41) is 4.36. The van der Waals surface area contributed by atoms with Gasteiger partial charge in [0.2, 0.25) is 0 Å². The van der Waals surface area contributed by atoms with Gasteiger partial charge in [-0.3, -0.25) is 4.79 Å². The molecule has 0 spiro atoms. The van der Waals surface area contributed by atoms with Crippen LogP contribution in [0.1, 0.15) is 24.2 Å². The first-order chi connectivity index (χ1) is 11.5. The number of esters is 1. The predicted molar refractivity (Wildman–Crippen MR) is 90.6 cm³/mol. The van der Waals surface area contributed by atoms with Crippen LogP contribution in [0.25, 0.3) is 16.9 Å². The molecule has 6 heteroatoms. The maximum absolute atomic E-state index is 12.8. The monoisotopic (exact) mass is 325 g/mol. The van der Waals surface area contributed by atoms with E-state index in [1.807, 2.05) is 22.8 Å². The van der Waals surface area contributed by atoms with E-state index in [1.165, 1.54) is 11.8 Å². The summed E-state index contributed by atoms with van der Waals surface area (Å²) in [5.74, 6) is -0.131. The minimum absolute atomic E-state index is 0.251. The number of benzene rings is 1. The summed E-state index contributed by atoms with van der Waals surface area (Å²) in [4.78, 5) is 24.9. The number of rotatable bonds is 4. The summed E-state index contributed by atoms with van der Waals surface area (Å²) < 4.78 is 8.02. The summed E-state index contributed by atoms with van der Waals surface area (Å²) in [6.45, 7) is 4.83. The summed E-state index contributed by atoms with van der Waals surface area (Å²) in [5.41, 5.74) is 1.46. The first-order valence-corrected chi connectivity index (χ1v) is 7.78. The summed E-state index contributed by atoms with van der Waals surface area (Å²) in [6, 6.07) is 9.14. The lowest BCUT2D eigenvalue weighted by Crippen LogP contribution is -2.16. The quantitative estimate of drug-likeness (QED) is 0.692. The second-order valence-corrected chi connectivity index (χ2v) is 6.07. The molecule has 0 amide bonds. The fourth-order valence-electron chi connectivity index (χ4n) is 2.69. The van der Waals surface area contributed by atoms with Gasteiger partial charge < -0.3 is 9.30 Å². The Morgan fingerprint density at radius 3 is 2.54 bits per heavy atom. The Balaban J connectivity index is 2.25.